The molecule has 0 unspecified atom stereocenters. The third kappa shape index (κ3) is 4.16. The van der Waals surface area contributed by atoms with E-state index < -0.39 is 12.0 Å². The van der Waals surface area contributed by atoms with Crippen LogP contribution in [0.2, 0.25) is 0 Å². The molecule has 0 bridgehead atoms. The first kappa shape index (κ1) is 19.7. The summed E-state index contributed by atoms with van der Waals surface area (Å²) in [6.07, 6.45) is 8.48. The lowest BCUT2D eigenvalue weighted by Gasteiger charge is -2.17. The first-order chi connectivity index (χ1) is 15.2. The van der Waals surface area contributed by atoms with Gasteiger partial charge in [-0.3, -0.25) is 0 Å². The van der Waals surface area contributed by atoms with Crippen molar-refractivity contribution in [3.8, 4) is 0 Å². The number of carboxylic acid groups (broad SMARTS) is 1. The van der Waals surface area contributed by atoms with Crippen molar-refractivity contribution in [1.29, 1.82) is 0 Å². The van der Waals surface area contributed by atoms with E-state index in [1.54, 1.807) is 23.9 Å². The molecule has 0 saturated carbocycles. The predicted molar refractivity (Wildman–Crippen MR) is 121 cm³/mol. The maximum Gasteiger partial charge on any atom is 0.326 e. The summed E-state index contributed by atoms with van der Waals surface area (Å²) in [6, 6.07) is 9.28. The van der Waals surface area contributed by atoms with Crippen LogP contribution in [0.4, 0.5) is 5.82 Å². The maximum atomic E-state index is 12.0. The van der Waals surface area contributed by atoms with Crippen molar-refractivity contribution in [1.82, 2.24) is 19.9 Å². The number of imidazole rings is 1. The first-order valence-electron chi connectivity index (χ1n) is 10.5. The van der Waals surface area contributed by atoms with Gasteiger partial charge in [-0.25, -0.2) is 19.7 Å². The van der Waals surface area contributed by atoms with Gasteiger partial charge >= 0.3 is 5.97 Å². The van der Waals surface area contributed by atoms with Crippen LogP contribution in [-0.4, -0.2) is 37.1 Å². The van der Waals surface area contributed by atoms with Crippen molar-refractivity contribution < 1.29 is 9.90 Å². The highest BCUT2D eigenvalue weighted by molar-refractivity contribution is 7.19. The molecule has 5 rings (SSSR count). The number of carbonyl (C=O) groups is 1. The molecule has 0 radical (unpaired) electrons. The van der Waals surface area contributed by atoms with Crippen molar-refractivity contribution in [2.24, 2.45) is 0 Å². The van der Waals surface area contributed by atoms with Crippen LogP contribution in [0.3, 0.4) is 0 Å². The van der Waals surface area contributed by atoms with E-state index in [-0.39, 0.29) is 0 Å². The Morgan fingerprint density at radius 1 is 1.19 bits per heavy atom. The van der Waals surface area contributed by atoms with Gasteiger partial charge in [-0.1, -0.05) is 30.3 Å². The number of thiophene rings is 1. The van der Waals surface area contributed by atoms with E-state index in [0.29, 0.717) is 24.5 Å². The number of H-pyrrole nitrogens is 1. The monoisotopic (exact) mass is 433 g/mol. The largest absolute Gasteiger partial charge is 0.480 e. The molecule has 4 aromatic rings. The first-order valence-corrected chi connectivity index (χ1v) is 11.3. The SMILES string of the molecule is O=C(O)[C@H](Cc1cnc[nH]1)Nc1nc(Cc2ccccc2)nc2sc3c(c12)CCCC3. The van der Waals surface area contributed by atoms with Gasteiger partial charge < -0.3 is 15.4 Å². The molecule has 0 aliphatic heterocycles. The van der Waals surface area contributed by atoms with Crippen LogP contribution in [0.1, 0.15) is 40.4 Å². The number of hydrogen-bond donors (Lipinski definition) is 3. The number of rotatable bonds is 7. The number of anilines is 1. The molecule has 158 valence electrons. The van der Waals surface area contributed by atoms with Gasteiger partial charge in [-0.2, -0.15) is 0 Å². The lowest BCUT2D eigenvalue weighted by atomic mass is 9.97. The second-order valence-electron chi connectivity index (χ2n) is 7.86. The third-order valence-corrected chi connectivity index (χ3v) is 6.84. The van der Waals surface area contributed by atoms with Crippen molar-refractivity contribution in [3.63, 3.8) is 0 Å². The van der Waals surface area contributed by atoms with Gasteiger partial charge in [0.15, 0.2) is 0 Å². The number of aromatic amines is 1. The smallest absolute Gasteiger partial charge is 0.326 e. The number of hydrogen-bond acceptors (Lipinski definition) is 6. The van der Waals surface area contributed by atoms with E-state index in [1.165, 1.54) is 16.9 Å². The van der Waals surface area contributed by atoms with E-state index in [9.17, 15) is 9.90 Å². The van der Waals surface area contributed by atoms with Gasteiger partial charge in [0.05, 0.1) is 11.7 Å². The highest BCUT2D eigenvalue weighted by atomic mass is 32.1. The summed E-state index contributed by atoms with van der Waals surface area (Å²) in [5, 5.41) is 14.1. The summed E-state index contributed by atoms with van der Waals surface area (Å²) in [5.74, 6) is 0.405. The minimum absolute atomic E-state index is 0.293. The number of nitrogens with zero attached hydrogens (tertiary/aromatic N) is 3. The third-order valence-electron chi connectivity index (χ3n) is 5.65. The fourth-order valence-electron chi connectivity index (χ4n) is 4.14. The molecule has 31 heavy (non-hydrogen) atoms. The van der Waals surface area contributed by atoms with E-state index in [0.717, 1.165) is 40.7 Å². The normalized spacial score (nSPS) is 14.3. The van der Waals surface area contributed by atoms with Gasteiger partial charge in [0, 0.05) is 29.6 Å². The van der Waals surface area contributed by atoms with Crippen molar-refractivity contribution >= 4 is 33.3 Å². The zero-order valence-corrected chi connectivity index (χ0v) is 17.8. The fraction of sp³-hybridized carbons (Fsp3) is 0.304. The quantitative estimate of drug-likeness (QED) is 0.407. The second kappa shape index (κ2) is 8.47. The molecule has 0 saturated heterocycles. The lowest BCUT2D eigenvalue weighted by Crippen LogP contribution is -2.32. The van der Waals surface area contributed by atoms with Gasteiger partial charge in [0.1, 0.15) is 22.5 Å². The highest BCUT2D eigenvalue weighted by Crippen LogP contribution is 2.39. The molecule has 8 heteroatoms. The van der Waals surface area contributed by atoms with E-state index in [2.05, 4.69) is 27.4 Å². The van der Waals surface area contributed by atoms with E-state index in [1.807, 2.05) is 18.2 Å². The van der Waals surface area contributed by atoms with Crippen molar-refractivity contribution in [2.75, 3.05) is 5.32 Å². The summed E-state index contributed by atoms with van der Waals surface area (Å²) >= 11 is 1.72. The number of aliphatic carboxylic acids is 1. The Balaban J connectivity index is 1.56. The van der Waals surface area contributed by atoms with Crippen LogP contribution >= 0.6 is 11.3 Å². The van der Waals surface area contributed by atoms with Gasteiger partial charge in [-0.15, -0.1) is 11.3 Å². The molecule has 3 heterocycles. The molecular formula is C23H23N5O2S. The predicted octanol–water partition coefficient (Wildman–Crippen LogP) is 3.99. The summed E-state index contributed by atoms with van der Waals surface area (Å²) in [4.78, 5) is 31.0. The highest BCUT2D eigenvalue weighted by Gasteiger charge is 2.25. The lowest BCUT2D eigenvalue weighted by molar-refractivity contribution is -0.137. The van der Waals surface area contributed by atoms with Crippen LogP contribution in [0.25, 0.3) is 10.2 Å². The van der Waals surface area contributed by atoms with Crippen LogP contribution in [-0.2, 0) is 30.5 Å². The summed E-state index contributed by atoms with van der Waals surface area (Å²) in [5.41, 5.74) is 3.18. The summed E-state index contributed by atoms with van der Waals surface area (Å²) < 4.78 is 0. The molecule has 7 nitrogen and oxygen atoms in total. The molecule has 1 atom stereocenters. The number of fused-ring (bicyclic) bond motifs is 3. The Morgan fingerprint density at radius 2 is 2.03 bits per heavy atom. The minimum atomic E-state index is -0.921. The van der Waals surface area contributed by atoms with Crippen LogP contribution in [0.5, 0.6) is 0 Å². The Kier molecular flexibility index (Phi) is 5.38. The molecule has 0 fully saturated rings. The Bertz CT molecular complexity index is 1200. The zero-order chi connectivity index (χ0) is 21.2. The maximum absolute atomic E-state index is 12.0. The van der Waals surface area contributed by atoms with Crippen LogP contribution in [0.15, 0.2) is 42.9 Å². The molecular weight excluding hydrogens is 410 g/mol. The fourth-order valence-corrected chi connectivity index (χ4v) is 5.42. The molecule has 0 spiro atoms. The number of carboxylic acids is 1. The van der Waals surface area contributed by atoms with Crippen molar-refractivity contribution in [3.05, 3.63) is 70.4 Å². The Hall–Kier alpha value is -3.26. The Labute approximate surface area is 183 Å². The molecule has 3 N–H and O–H groups in total. The molecule has 3 aromatic heterocycles. The number of benzene rings is 1. The number of aromatic nitrogens is 4. The number of aryl methyl sites for hydroxylation is 2. The topological polar surface area (TPSA) is 104 Å². The average Bonchev–Trinajstić information content (AvgIpc) is 3.41. The van der Waals surface area contributed by atoms with E-state index in [4.69, 9.17) is 9.97 Å². The molecule has 1 aromatic carbocycles. The van der Waals surface area contributed by atoms with Gasteiger partial charge in [0.25, 0.3) is 0 Å². The second-order valence-corrected chi connectivity index (χ2v) is 8.94. The Morgan fingerprint density at radius 3 is 2.81 bits per heavy atom. The zero-order valence-electron chi connectivity index (χ0n) is 17.0. The van der Waals surface area contributed by atoms with Crippen LogP contribution < -0.4 is 5.32 Å². The standard InChI is InChI=1S/C23H23N5O2S/c29-23(30)17(11-15-12-24-13-25-15)26-21-20-16-8-4-5-9-18(16)31-22(20)28-19(27-21)10-14-6-2-1-3-7-14/h1-3,6-7,12-13,17H,4-5,8-11H2,(H,24,25)(H,29,30)(H,26,27,28)/t17-/m0/s1. The van der Waals surface area contributed by atoms with Gasteiger partial charge in [0.2, 0.25) is 0 Å². The van der Waals surface area contributed by atoms with Gasteiger partial charge in [-0.05, 0) is 36.8 Å². The molecule has 1 aliphatic carbocycles. The summed E-state index contributed by atoms with van der Waals surface area (Å²) in [7, 11) is 0. The van der Waals surface area contributed by atoms with Crippen LogP contribution in [0, 0.1) is 0 Å². The van der Waals surface area contributed by atoms with E-state index >= 15 is 0 Å². The summed E-state index contributed by atoms with van der Waals surface area (Å²) in [6.45, 7) is 0. The number of nitrogens with one attached hydrogen (secondary N) is 2. The van der Waals surface area contributed by atoms with Crippen molar-refractivity contribution in [2.45, 2.75) is 44.6 Å². The molecule has 1 aliphatic rings. The minimum Gasteiger partial charge on any atom is -0.480 e. The molecule has 0 amide bonds. The average molecular weight is 434 g/mol.